The summed E-state index contributed by atoms with van der Waals surface area (Å²) in [6, 6.07) is 3.77. The molecule has 0 saturated carbocycles. The molecule has 5 nitrogen and oxygen atoms in total. The minimum Gasteiger partial charge on any atom is -0.330 e. The van der Waals surface area contributed by atoms with Gasteiger partial charge in [0, 0.05) is 26.0 Å². The van der Waals surface area contributed by atoms with Crippen LogP contribution < -0.4 is 0 Å². The van der Waals surface area contributed by atoms with Gasteiger partial charge in [-0.2, -0.15) is 18.3 Å². The van der Waals surface area contributed by atoms with E-state index in [0.717, 1.165) is 37.2 Å². The van der Waals surface area contributed by atoms with Crippen molar-refractivity contribution < 1.29 is 18.0 Å². The first kappa shape index (κ1) is 16.5. The van der Waals surface area contributed by atoms with E-state index in [0.29, 0.717) is 6.54 Å². The van der Waals surface area contributed by atoms with E-state index in [-0.39, 0.29) is 17.5 Å². The molecule has 1 saturated heterocycles. The molecule has 24 heavy (non-hydrogen) atoms. The molecule has 0 aromatic carbocycles. The van der Waals surface area contributed by atoms with Crippen LogP contribution in [0.25, 0.3) is 0 Å². The van der Waals surface area contributed by atoms with Gasteiger partial charge in [0.05, 0.1) is 17.3 Å². The minimum absolute atomic E-state index is 0.124. The molecule has 1 atom stereocenters. The summed E-state index contributed by atoms with van der Waals surface area (Å²) >= 11 is 0. The van der Waals surface area contributed by atoms with Crippen LogP contribution in [0.3, 0.4) is 0 Å². The first-order chi connectivity index (χ1) is 11.4. The van der Waals surface area contributed by atoms with Crippen LogP contribution in [-0.2, 0) is 13.2 Å². The number of amides is 1. The highest BCUT2D eigenvalue weighted by molar-refractivity contribution is 5.94. The lowest BCUT2D eigenvalue weighted by molar-refractivity contribution is -0.141. The highest BCUT2D eigenvalue weighted by Gasteiger charge is 2.34. The van der Waals surface area contributed by atoms with Crippen molar-refractivity contribution in [2.24, 2.45) is 7.05 Å². The molecule has 1 fully saturated rings. The van der Waals surface area contributed by atoms with Crippen LogP contribution in [0.1, 0.15) is 47.1 Å². The van der Waals surface area contributed by atoms with E-state index in [1.807, 2.05) is 13.1 Å². The fourth-order valence-electron chi connectivity index (χ4n) is 3.05. The molecule has 2 aromatic rings. The van der Waals surface area contributed by atoms with Crippen LogP contribution in [-0.4, -0.2) is 32.1 Å². The maximum Gasteiger partial charge on any atom is 0.433 e. The van der Waals surface area contributed by atoms with Gasteiger partial charge in [-0.25, -0.2) is 0 Å². The van der Waals surface area contributed by atoms with Crippen molar-refractivity contribution in [3.8, 4) is 0 Å². The molecule has 1 unspecified atom stereocenters. The first-order valence-corrected chi connectivity index (χ1v) is 7.70. The standard InChI is InChI=1S/C16H17F3N4O/c1-22-12(7-8-21-22)13-4-2-3-9-23(13)15(24)11-5-6-14(20-10-11)16(17,18)19/h5-8,10,13H,2-4,9H2,1H3. The van der Waals surface area contributed by atoms with Gasteiger partial charge in [0.25, 0.3) is 5.91 Å². The van der Waals surface area contributed by atoms with Gasteiger partial charge in [0.2, 0.25) is 0 Å². The van der Waals surface area contributed by atoms with Crippen LogP contribution in [0.4, 0.5) is 13.2 Å². The average Bonchev–Trinajstić information content (AvgIpc) is 2.99. The Hall–Kier alpha value is -2.38. The number of hydrogen-bond donors (Lipinski definition) is 0. The Labute approximate surface area is 137 Å². The fourth-order valence-corrected chi connectivity index (χ4v) is 3.05. The van der Waals surface area contributed by atoms with E-state index in [4.69, 9.17) is 0 Å². The molecule has 3 rings (SSSR count). The SMILES string of the molecule is Cn1nccc1C1CCCCN1C(=O)c1ccc(C(F)(F)F)nc1. The third-order valence-electron chi connectivity index (χ3n) is 4.26. The lowest BCUT2D eigenvalue weighted by atomic mass is 9.98. The molecule has 8 heteroatoms. The van der Waals surface area contributed by atoms with E-state index >= 15 is 0 Å². The van der Waals surface area contributed by atoms with Crippen LogP contribution in [0.2, 0.25) is 0 Å². The monoisotopic (exact) mass is 338 g/mol. The molecule has 1 aliphatic rings. The minimum atomic E-state index is -4.51. The number of halogens is 3. The quantitative estimate of drug-likeness (QED) is 0.845. The van der Waals surface area contributed by atoms with Crippen LogP contribution in [0.5, 0.6) is 0 Å². The third-order valence-corrected chi connectivity index (χ3v) is 4.26. The Morgan fingerprint density at radius 3 is 2.62 bits per heavy atom. The Morgan fingerprint density at radius 2 is 2.04 bits per heavy atom. The second-order valence-electron chi connectivity index (χ2n) is 5.82. The van der Waals surface area contributed by atoms with Gasteiger partial charge < -0.3 is 4.90 Å². The summed E-state index contributed by atoms with van der Waals surface area (Å²) in [7, 11) is 1.81. The van der Waals surface area contributed by atoms with Crippen molar-refractivity contribution in [3.63, 3.8) is 0 Å². The number of alkyl halides is 3. The molecule has 0 radical (unpaired) electrons. The summed E-state index contributed by atoms with van der Waals surface area (Å²) in [5.41, 5.74) is 0.0841. The number of rotatable bonds is 2. The molecular weight excluding hydrogens is 321 g/mol. The Kier molecular flexibility index (Phi) is 4.29. The number of nitrogens with zero attached hydrogens (tertiary/aromatic N) is 4. The lowest BCUT2D eigenvalue weighted by Gasteiger charge is -2.35. The largest absolute Gasteiger partial charge is 0.433 e. The maximum atomic E-state index is 12.8. The molecule has 0 bridgehead atoms. The molecular formula is C16H17F3N4O. The summed E-state index contributed by atoms with van der Waals surface area (Å²) in [6.45, 7) is 0.565. The van der Waals surface area contributed by atoms with Gasteiger partial charge in [-0.05, 0) is 37.5 Å². The maximum absolute atomic E-state index is 12.8. The van der Waals surface area contributed by atoms with Gasteiger partial charge >= 0.3 is 6.18 Å². The number of piperidine rings is 1. The zero-order valence-corrected chi connectivity index (χ0v) is 13.1. The summed E-state index contributed by atoms with van der Waals surface area (Å²) in [6.07, 6.45) is 0.828. The van der Waals surface area contributed by atoms with Gasteiger partial charge in [-0.3, -0.25) is 14.5 Å². The predicted molar refractivity (Wildman–Crippen MR) is 80.1 cm³/mol. The zero-order valence-electron chi connectivity index (χ0n) is 13.1. The molecule has 2 aromatic heterocycles. The van der Waals surface area contributed by atoms with Crippen molar-refractivity contribution >= 4 is 5.91 Å². The Balaban J connectivity index is 1.86. The van der Waals surface area contributed by atoms with Gasteiger partial charge in [-0.15, -0.1) is 0 Å². The van der Waals surface area contributed by atoms with E-state index in [1.54, 1.807) is 15.8 Å². The van der Waals surface area contributed by atoms with E-state index in [1.165, 1.54) is 6.07 Å². The average molecular weight is 338 g/mol. The molecule has 128 valence electrons. The number of carbonyl (C=O) groups is 1. The molecule has 1 amide bonds. The van der Waals surface area contributed by atoms with E-state index in [9.17, 15) is 18.0 Å². The van der Waals surface area contributed by atoms with Crippen molar-refractivity contribution in [3.05, 3.63) is 47.5 Å². The molecule has 0 aliphatic carbocycles. The van der Waals surface area contributed by atoms with E-state index < -0.39 is 11.9 Å². The molecule has 3 heterocycles. The number of carbonyl (C=O) groups excluding carboxylic acids is 1. The smallest absolute Gasteiger partial charge is 0.330 e. The molecule has 0 spiro atoms. The van der Waals surface area contributed by atoms with Crippen LogP contribution in [0.15, 0.2) is 30.6 Å². The Bertz CT molecular complexity index is 724. The third kappa shape index (κ3) is 3.13. The normalized spacial score (nSPS) is 18.7. The van der Waals surface area contributed by atoms with Gasteiger partial charge in [0.15, 0.2) is 0 Å². The number of likely N-dealkylation sites (tertiary alicyclic amines) is 1. The van der Waals surface area contributed by atoms with Crippen LogP contribution >= 0.6 is 0 Å². The summed E-state index contributed by atoms with van der Waals surface area (Å²) in [5.74, 6) is -0.304. The van der Waals surface area contributed by atoms with Crippen molar-refractivity contribution in [2.45, 2.75) is 31.5 Å². The second kappa shape index (κ2) is 6.26. The zero-order chi connectivity index (χ0) is 17.3. The predicted octanol–water partition coefficient (Wildman–Crippen LogP) is 3.20. The van der Waals surface area contributed by atoms with Crippen molar-refractivity contribution in [2.75, 3.05) is 6.54 Å². The molecule has 1 aliphatic heterocycles. The first-order valence-electron chi connectivity index (χ1n) is 7.70. The number of hydrogen-bond acceptors (Lipinski definition) is 3. The topological polar surface area (TPSA) is 51.0 Å². The Morgan fingerprint density at radius 1 is 1.25 bits per heavy atom. The summed E-state index contributed by atoms with van der Waals surface area (Å²) < 4.78 is 39.5. The van der Waals surface area contributed by atoms with Gasteiger partial charge in [-0.1, -0.05) is 0 Å². The number of pyridine rings is 1. The summed E-state index contributed by atoms with van der Waals surface area (Å²) in [4.78, 5) is 17.8. The summed E-state index contributed by atoms with van der Waals surface area (Å²) in [5, 5.41) is 4.14. The van der Waals surface area contributed by atoms with Crippen molar-refractivity contribution in [1.29, 1.82) is 0 Å². The van der Waals surface area contributed by atoms with E-state index in [2.05, 4.69) is 10.1 Å². The van der Waals surface area contributed by atoms with Crippen LogP contribution in [0, 0.1) is 0 Å². The second-order valence-corrected chi connectivity index (χ2v) is 5.82. The number of aromatic nitrogens is 3. The fraction of sp³-hybridized carbons (Fsp3) is 0.438. The lowest BCUT2D eigenvalue weighted by Crippen LogP contribution is -2.39. The number of aryl methyl sites for hydroxylation is 1. The molecule has 0 N–H and O–H groups in total. The highest BCUT2D eigenvalue weighted by Crippen LogP contribution is 2.32. The van der Waals surface area contributed by atoms with Gasteiger partial charge in [0.1, 0.15) is 5.69 Å². The van der Waals surface area contributed by atoms with Crippen molar-refractivity contribution in [1.82, 2.24) is 19.7 Å². The highest BCUT2D eigenvalue weighted by atomic mass is 19.4.